The zero-order chi connectivity index (χ0) is 18.1. The fourth-order valence-corrected chi connectivity index (χ4v) is 2.14. The van der Waals surface area contributed by atoms with E-state index in [1.54, 1.807) is 0 Å². The number of ether oxygens (including phenoxy) is 1. The minimum absolute atomic E-state index is 0.000115. The molecule has 0 aliphatic heterocycles. The molecule has 9 heteroatoms. The second-order valence-corrected chi connectivity index (χ2v) is 4.79. The predicted molar refractivity (Wildman–Crippen MR) is 70.6 cm³/mol. The van der Waals surface area contributed by atoms with Crippen LogP contribution in [0.2, 0.25) is 0 Å². The van der Waals surface area contributed by atoms with Gasteiger partial charge in [-0.05, 0) is 29.8 Å². The van der Waals surface area contributed by atoms with E-state index in [0.29, 0.717) is 6.07 Å². The second kappa shape index (κ2) is 6.31. The van der Waals surface area contributed by atoms with Crippen LogP contribution in [0, 0.1) is 5.82 Å². The highest BCUT2D eigenvalue weighted by molar-refractivity contribution is 5.41. The number of nitrogens with two attached hydrogens (primary N) is 1. The quantitative estimate of drug-likeness (QED) is 0.805. The molecule has 0 unspecified atom stereocenters. The molecule has 2 aromatic carbocycles. The largest absolute Gasteiger partial charge is 0.573 e. The highest BCUT2D eigenvalue weighted by atomic mass is 19.4. The van der Waals surface area contributed by atoms with Gasteiger partial charge in [-0.15, -0.1) is 13.2 Å². The summed E-state index contributed by atoms with van der Waals surface area (Å²) >= 11 is 0. The monoisotopic (exact) mass is 353 g/mol. The molecule has 0 aromatic heterocycles. The van der Waals surface area contributed by atoms with Crippen molar-refractivity contribution in [2.75, 3.05) is 0 Å². The second-order valence-electron chi connectivity index (χ2n) is 4.79. The van der Waals surface area contributed by atoms with E-state index in [1.165, 1.54) is 0 Å². The van der Waals surface area contributed by atoms with E-state index in [4.69, 9.17) is 5.73 Å². The van der Waals surface area contributed by atoms with Gasteiger partial charge in [0, 0.05) is 5.56 Å². The molecule has 2 aromatic rings. The number of benzene rings is 2. The van der Waals surface area contributed by atoms with Crippen LogP contribution in [0.3, 0.4) is 0 Å². The lowest BCUT2D eigenvalue weighted by Crippen LogP contribution is -2.20. The highest BCUT2D eigenvalue weighted by Crippen LogP contribution is 2.37. The minimum Gasteiger partial charge on any atom is -0.406 e. The molecule has 0 spiro atoms. The maximum absolute atomic E-state index is 13.9. The number of hydrogen-bond donors (Lipinski definition) is 1. The summed E-state index contributed by atoms with van der Waals surface area (Å²) in [6.07, 6.45) is -9.73. The van der Waals surface area contributed by atoms with Crippen molar-refractivity contribution >= 4 is 0 Å². The molecule has 0 heterocycles. The highest BCUT2D eigenvalue weighted by Gasteiger charge is 2.36. The maximum Gasteiger partial charge on any atom is 0.573 e. The first-order chi connectivity index (χ1) is 11.0. The van der Waals surface area contributed by atoms with Gasteiger partial charge < -0.3 is 10.5 Å². The molecule has 2 N–H and O–H groups in total. The van der Waals surface area contributed by atoms with Gasteiger partial charge in [0.2, 0.25) is 0 Å². The first-order valence-electron chi connectivity index (χ1n) is 6.46. The third kappa shape index (κ3) is 4.16. The predicted octanol–water partition coefficient (Wildman–Crippen LogP) is 4.79. The Kier molecular flexibility index (Phi) is 4.75. The maximum atomic E-state index is 13.9. The van der Waals surface area contributed by atoms with Crippen LogP contribution < -0.4 is 10.5 Å². The number of rotatable bonds is 3. The van der Waals surface area contributed by atoms with Crippen molar-refractivity contribution in [3.05, 3.63) is 65.0 Å². The van der Waals surface area contributed by atoms with Crippen molar-refractivity contribution in [2.45, 2.75) is 18.6 Å². The van der Waals surface area contributed by atoms with E-state index >= 15 is 0 Å². The Morgan fingerprint density at radius 1 is 0.875 bits per heavy atom. The average molecular weight is 353 g/mol. The van der Waals surface area contributed by atoms with Gasteiger partial charge in [-0.2, -0.15) is 13.2 Å². The Balaban J connectivity index is 2.38. The Bertz CT molecular complexity index is 707. The van der Waals surface area contributed by atoms with E-state index in [2.05, 4.69) is 4.74 Å². The van der Waals surface area contributed by atoms with Gasteiger partial charge in [0.15, 0.2) is 0 Å². The Hall–Kier alpha value is -2.29. The number of hydrogen-bond acceptors (Lipinski definition) is 2. The molecule has 0 radical (unpaired) electrons. The van der Waals surface area contributed by atoms with Crippen LogP contribution in [0.1, 0.15) is 22.7 Å². The van der Waals surface area contributed by atoms with E-state index in [-0.39, 0.29) is 5.56 Å². The van der Waals surface area contributed by atoms with Crippen LogP contribution in [0.15, 0.2) is 42.5 Å². The first kappa shape index (κ1) is 18.1. The molecule has 0 saturated carbocycles. The fraction of sp³-hybridized carbons (Fsp3) is 0.200. The smallest absolute Gasteiger partial charge is 0.406 e. The van der Waals surface area contributed by atoms with Crippen LogP contribution in [0.25, 0.3) is 0 Å². The standard InChI is InChI=1S/C15H10F7NO/c16-11-3-1-2-10(14(17,18)19)12(11)13(23)8-4-6-9(7-5-8)24-15(20,21)22/h1-7,13H,23H2/t13-/m0/s1. The van der Waals surface area contributed by atoms with Crippen molar-refractivity contribution in [1.82, 2.24) is 0 Å². The normalized spacial score (nSPS) is 13.7. The van der Waals surface area contributed by atoms with Crippen molar-refractivity contribution in [2.24, 2.45) is 5.73 Å². The first-order valence-corrected chi connectivity index (χ1v) is 6.46. The van der Waals surface area contributed by atoms with Crippen LogP contribution in [-0.2, 0) is 6.18 Å². The van der Waals surface area contributed by atoms with Gasteiger partial charge in [0.05, 0.1) is 11.6 Å². The zero-order valence-electron chi connectivity index (χ0n) is 11.8. The summed E-state index contributed by atoms with van der Waals surface area (Å²) in [6.45, 7) is 0. The van der Waals surface area contributed by atoms with Gasteiger partial charge >= 0.3 is 12.5 Å². The SMILES string of the molecule is N[C@@H](c1ccc(OC(F)(F)F)cc1)c1c(F)cccc1C(F)(F)F. The summed E-state index contributed by atoms with van der Waals surface area (Å²) in [5, 5.41) is 0. The molecule has 0 fully saturated rings. The molecule has 130 valence electrons. The zero-order valence-corrected chi connectivity index (χ0v) is 11.8. The van der Waals surface area contributed by atoms with Gasteiger partial charge in [-0.25, -0.2) is 4.39 Å². The molecule has 0 aliphatic carbocycles. The molecule has 0 amide bonds. The Morgan fingerprint density at radius 3 is 1.96 bits per heavy atom. The lowest BCUT2D eigenvalue weighted by molar-refractivity contribution is -0.274. The van der Waals surface area contributed by atoms with E-state index in [1.807, 2.05) is 0 Å². The van der Waals surface area contributed by atoms with E-state index in [9.17, 15) is 30.7 Å². The van der Waals surface area contributed by atoms with Crippen LogP contribution in [0.4, 0.5) is 30.7 Å². The molecule has 1 atom stereocenters. The van der Waals surface area contributed by atoms with Crippen LogP contribution in [0.5, 0.6) is 5.75 Å². The van der Waals surface area contributed by atoms with Crippen molar-refractivity contribution < 1.29 is 35.5 Å². The van der Waals surface area contributed by atoms with Crippen molar-refractivity contribution in [3.8, 4) is 5.75 Å². The van der Waals surface area contributed by atoms with Crippen molar-refractivity contribution in [1.29, 1.82) is 0 Å². The molecule has 2 nitrogen and oxygen atoms in total. The molecule has 0 aliphatic rings. The van der Waals surface area contributed by atoms with Gasteiger partial charge in [-0.1, -0.05) is 18.2 Å². The van der Waals surface area contributed by atoms with Gasteiger partial charge in [0.25, 0.3) is 0 Å². The summed E-state index contributed by atoms with van der Waals surface area (Å²) in [5.41, 5.74) is 3.66. The molecule has 0 bridgehead atoms. The topological polar surface area (TPSA) is 35.2 Å². The summed E-state index contributed by atoms with van der Waals surface area (Å²) < 4.78 is 92.7. The van der Waals surface area contributed by atoms with E-state index < -0.39 is 41.3 Å². The van der Waals surface area contributed by atoms with Crippen LogP contribution >= 0.6 is 0 Å². The summed E-state index contributed by atoms with van der Waals surface area (Å²) in [6, 6.07) is 4.74. The van der Waals surface area contributed by atoms with Crippen molar-refractivity contribution in [3.63, 3.8) is 0 Å². The minimum atomic E-state index is -4.90. The molecule has 24 heavy (non-hydrogen) atoms. The molecular weight excluding hydrogens is 343 g/mol. The van der Waals surface area contributed by atoms with Gasteiger partial charge in [0.1, 0.15) is 11.6 Å². The number of alkyl halides is 6. The molecular formula is C15H10F7NO. The van der Waals surface area contributed by atoms with Crippen LogP contribution in [-0.4, -0.2) is 6.36 Å². The van der Waals surface area contributed by atoms with E-state index in [0.717, 1.165) is 36.4 Å². The Morgan fingerprint density at radius 2 is 1.46 bits per heavy atom. The molecule has 0 saturated heterocycles. The molecule has 2 rings (SSSR count). The third-order valence-corrected chi connectivity index (χ3v) is 3.14. The summed E-state index contributed by atoms with van der Waals surface area (Å²) in [4.78, 5) is 0. The fourth-order valence-electron chi connectivity index (χ4n) is 2.14. The summed E-state index contributed by atoms with van der Waals surface area (Å²) in [7, 11) is 0. The third-order valence-electron chi connectivity index (χ3n) is 3.14. The lowest BCUT2D eigenvalue weighted by Gasteiger charge is -2.19. The van der Waals surface area contributed by atoms with Gasteiger partial charge in [-0.3, -0.25) is 0 Å². The summed E-state index contributed by atoms with van der Waals surface area (Å²) in [5.74, 6) is -1.73. The lowest BCUT2D eigenvalue weighted by atomic mass is 9.94. The average Bonchev–Trinajstić information content (AvgIpc) is 2.44. The Labute approximate surface area is 131 Å². The number of halogens is 7.